The first-order valence-corrected chi connectivity index (χ1v) is 11.4. The molecule has 0 bridgehead atoms. The second-order valence-electron chi connectivity index (χ2n) is 9.16. The molecular weight excluding hydrogens is 404 g/mol. The molecule has 0 aliphatic carbocycles. The molecule has 0 saturated carbocycles. The molecule has 32 heavy (non-hydrogen) atoms. The number of likely N-dealkylation sites (tertiary alicyclic amines) is 1. The Balaban J connectivity index is 1.72. The van der Waals surface area contributed by atoms with E-state index < -0.39 is 5.60 Å². The molecule has 3 heterocycles. The number of amides is 2. The number of benzene rings is 1. The summed E-state index contributed by atoms with van der Waals surface area (Å²) in [5.41, 5.74) is 2.06. The summed E-state index contributed by atoms with van der Waals surface area (Å²) in [6.45, 7) is 6.70. The molecule has 2 amide bonds. The number of hydrogen-bond acceptors (Lipinski definition) is 5. The van der Waals surface area contributed by atoms with Crippen LogP contribution in [-0.2, 0) is 27.3 Å². The van der Waals surface area contributed by atoms with Crippen LogP contribution in [0.1, 0.15) is 68.2 Å². The molecule has 1 unspecified atom stereocenters. The van der Waals surface area contributed by atoms with Crippen molar-refractivity contribution in [2.75, 3.05) is 18.6 Å². The zero-order valence-electron chi connectivity index (χ0n) is 19.4. The van der Waals surface area contributed by atoms with Crippen molar-refractivity contribution in [3.05, 3.63) is 53.0 Å². The number of anilines is 1. The van der Waals surface area contributed by atoms with Gasteiger partial charge in [-0.1, -0.05) is 30.3 Å². The molecule has 0 spiro atoms. The van der Waals surface area contributed by atoms with Crippen molar-refractivity contribution < 1.29 is 14.3 Å². The molecule has 4 rings (SSSR count). The van der Waals surface area contributed by atoms with Gasteiger partial charge in [-0.3, -0.25) is 14.5 Å². The number of piperidine rings is 1. The maximum atomic E-state index is 13.2. The molecule has 2 aromatic rings. The smallest absolute Gasteiger partial charge is 0.254 e. The first kappa shape index (κ1) is 22.4. The quantitative estimate of drug-likeness (QED) is 0.714. The molecule has 2 aliphatic rings. The number of carbonyl (C=O) groups excluding carboxylic acids is 2. The summed E-state index contributed by atoms with van der Waals surface area (Å²) >= 11 is 0. The fourth-order valence-electron chi connectivity index (χ4n) is 4.56. The predicted molar refractivity (Wildman–Crippen MR) is 122 cm³/mol. The highest BCUT2D eigenvalue weighted by Gasteiger charge is 2.39. The Morgan fingerprint density at radius 2 is 1.91 bits per heavy atom. The van der Waals surface area contributed by atoms with Crippen molar-refractivity contribution in [1.29, 1.82) is 0 Å². The summed E-state index contributed by atoms with van der Waals surface area (Å²) in [4.78, 5) is 39.5. The lowest BCUT2D eigenvalue weighted by Gasteiger charge is -2.39. The minimum atomic E-state index is -0.909. The monoisotopic (exact) mass is 436 g/mol. The SMILES string of the molecule is COC(C)(C)C(=O)N1CCCCC1c1nc(C)c2c(n1)N(Cc1ccccc1)C(=O)CC2. The molecule has 1 atom stereocenters. The Morgan fingerprint density at radius 1 is 1.16 bits per heavy atom. The van der Waals surface area contributed by atoms with Crippen LogP contribution in [0.2, 0.25) is 0 Å². The number of nitrogens with zero attached hydrogens (tertiary/aromatic N) is 4. The van der Waals surface area contributed by atoms with Crippen LogP contribution < -0.4 is 4.90 Å². The second kappa shape index (κ2) is 8.98. The first-order chi connectivity index (χ1) is 15.3. The summed E-state index contributed by atoms with van der Waals surface area (Å²) in [5.74, 6) is 1.33. The second-order valence-corrected chi connectivity index (χ2v) is 9.16. The number of hydrogen-bond donors (Lipinski definition) is 0. The van der Waals surface area contributed by atoms with Crippen molar-refractivity contribution in [1.82, 2.24) is 14.9 Å². The molecule has 7 nitrogen and oxygen atoms in total. The molecule has 1 aromatic carbocycles. The zero-order valence-corrected chi connectivity index (χ0v) is 19.4. The fourth-order valence-corrected chi connectivity index (χ4v) is 4.56. The predicted octanol–water partition coefficient (Wildman–Crippen LogP) is 3.74. The number of rotatable bonds is 5. The average molecular weight is 437 g/mol. The number of carbonyl (C=O) groups is 2. The zero-order chi connectivity index (χ0) is 22.9. The third-order valence-corrected chi connectivity index (χ3v) is 6.63. The van der Waals surface area contributed by atoms with Crippen LogP contribution in [0.5, 0.6) is 0 Å². The first-order valence-electron chi connectivity index (χ1n) is 11.4. The van der Waals surface area contributed by atoms with Gasteiger partial charge >= 0.3 is 0 Å². The maximum Gasteiger partial charge on any atom is 0.254 e. The van der Waals surface area contributed by atoms with Gasteiger partial charge in [-0.05, 0) is 52.0 Å². The lowest BCUT2D eigenvalue weighted by Crippen LogP contribution is -2.50. The fraction of sp³-hybridized carbons (Fsp3) is 0.520. The molecule has 0 N–H and O–H groups in total. The highest BCUT2D eigenvalue weighted by Crippen LogP contribution is 2.35. The van der Waals surface area contributed by atoms with Gasteiger partial charge < -0.3 is 9.64 Å². The summed E-state index contributed by atoms with van der Waals surface area (Å²) in [7, 11) is 1.56. The number of aryl methyl sites for hydroxylation is 1. The summed E-state index contributed by atoms with van der Waals surface area (Å²) in [6, 6.07) is 9.74. The highest BCUT2D eigenvalue weighted by atomic mass is 16.5. The largest absolute Gasteiger partial charge is 0.369 e. The molecule has 7 heteroatoms. The van der Waals surface area contributed by atoms with Crippen molar-refractivity contribution in [3.8, 4) is 0 Å². The summed E-state index contributed by atoms with van der Waals surface area (Å²) < 4.78 is 5.46. The van der Waals surface area contributed by atoms with Crippen LogP contribution >= 0.6 is 0 Å². The Kier molecular flexibility index (Phi) is 6.29. The Hall–Kier alpha value is -2.80. The Morgan fingerprint density at radius 3 is 2.62 bits per heavy atom. The van der Waals surface area contributed by atoms with Gasteiger partial charge in [-0.25, -0.2) is 9.97 Å². The van der Waals surface area contributed by atoms with Gasteiger partial charge in [0.1, 0.15) is 11.4 Å². The van der Waals surface area contributed by atoms with E-state index in [0.29, 0.717) is 37.6 Å². The van der Waals surface area contributed by atoms with Gasteiger partial charge in [0.2, 0.25) is 5.91 Å². The van der Waals surface area contributed by atoms with Gasteiger partial charge in [0.15, 0.2) is 5.82 Å². The number of aromatic nitrogens is 2. The number of methoxy groups -OCH3 is 1. The summed E-state index contributed by atoms with van der Waals surface area (Å²) in [5, 5.41) is 0. The lowest BCUT2D eigenvalue weighted by atomic mass is 9.96. The van der Waals surface area contributed by atoms with Crippen LogP contribution in [0.3, 0.4) is 0 Å². The topological polar surface area (TPSA) is 75.6 Å². The highest BCUT2D eigenvalue weighted by molar-refractivity contribution is 5.95. The molecule has 170 valence electrons. The van der Waals surface area contributed by atoms with Gasteiger partial charge in [-0.15, -0.1) is 0 Å². The van der Waals surface area contributed by atoms with Crippen molar-refractivity contribution in [3.63, 3.8) is 0 Å². The molecule has 1 aromatic heterocycles. The van der Waals surface area contributed by atoms with Gasteiger partial charge in [0.05, 0.1) is 12.6 Å². The Bertz CT molecular complexity index is 1010. The number of ether oxygens (including phenoxy) is 1. The van der Waals surface area contributed by atoms with E-state index in [0.717, 1.165) is 36.1 Å². The van der Waals surface area contributed by atoms with E-state index in [1.54, 1.807) is 25.9 Å². The van der Waals surface area contributed by atoms with E-state index in [1.165, 1.54) is 0 Å². The van der Waals surface area contributed by atoms with E-state index in [4.69, 9.17) is 14.7 Å². The molecular formula is C25H32N4O3. The van der Waals surface area contributed by atoms with E-state index in [-0.39, 0.29) is 17.9 Å². The molecule has 2 aliphatic heterocycles. The van der Waals surface area contributed by atoms with E-state index in [9.17, 15) is 9.59 Å². The van der Waals surface area contributed by atoms with Crippen molar-refractivity contribution in [2.45, 2.75) is 71.1 Å². The third-order valence-electron chi connectivity index (χ3n) is 6.63. The standard InChI is InChI=1S/C25H32N4O3/c1-17-19-13-14-21(30)29(16-18-10-6-5-7-11-18)23(19)27-22(26-17)20-12-8-9-15-28(20)24(31)25(2,3)32-4/h5-7,10-11,20H,8-9,12-16H2,1-4H3. The van der Waals surface area contributed by atoms with Gasteiger partial charge in [-0.2, -0.15) is 0 Å². The van der Waals surface area contributed by atoms with E-state index in [1.807, 2.05) is 42.2 Å². The normalized spacial score (nSPS) is 19.1. The van der Waals surface area contributed by atoms with Crippen molar-refractivity contribution >= 4 is 17.6 Å². The van der Waals surface area contributed by atoms with E-state index in [2.05, 4.69) is 0 Å². The van der Waals surface area contributed by atoms with Crippen LogP contribution in [0.15, 0.2) is 30.3 Å². The van der Waals surface area contributed by atoms with Crippen LogP contribution in [-0.4, -0.2) is 45.9 Å². The van der Waals surface area contributed by atoms with Crippen LogP contribution in [0.25, 0.3) is 0 Å². The molecule has 0 radical (unpaired) electrons. The van der Waals surface area contributed by atoms with Crippen molar-refractivity contribution in [2.24, 2.45) is 0 Å². The maximum absolute atomic E-state index is 13.2. The van der Waals surface area contributed by atoms with E-state index >= 15 is 0 Å². The van der Waals surface area contributed by atoms with Crippen LogP contribution in [0.4, 0.5) is 5.82 Å². The van der Waals surface area contributed by atoms with Gasteiger partial charge in [0.25, 0.3) is 5.91 Å². The Labute approximate surface area is 189 Å². The summed E-state index contributed by atoms with van der Waals surface area (Å²) in [6.07, 6.45) is 3.87. The molecule has 1 saturated heterocycles. The third kappa shape index (κ3) is 4.26. The minimum Gasteiger partial charge on any atom is -0.369 e. The average Bonchev–Trinajstić information content (AvgIpc) is 2.81. The van der Waals surface area contributed by atoms with Gasteiger partial charge in [0, 0.05) is 31.3 Å². The van der Waals surface area contributed by atoms with Crippen LogP contribution in [0, 0.1) is 6.92 Å². The lowest BCUT2D eigenvalue weighted by molar-refractivity contribution is -0.155. The molecule has 1 fully saturated rings. The minimum absolute atomic E-state index is 0.0547. The number of fused-ring (bicyclic) bond motifs is 1.